The van der Waals surface area contributed by atoms with Crippen molar-refractivity contribution in [2.75, 3.05) is 0 Å². The fourth-order valence-corrected chi connectivity index (χ4v) is 3.97. The molecule has 1 heteroatoms. The van der Waals surface area contributed by atoms with Crippen LogP contribution in [-0.2, 0) is 5.41 Å². The van der Waals surface area contributed by atoms with Crippen molar-refractivity contribution in [2.45, 2.75) is 39.0 Å². The van der Waals surface area contributed by atoms with E-state index in [-0.39, 0.29) is 5.41 Å². The van der Waals surface area contributed by atoms with E-state index in [1.165, 1.54) is 22.3 Å². The predicted octanol–water partition coefficient (Wildman–Crippen LogP) is 5.11. The molecule has 1 unspecified atom stereocenters. The molecule has 0 heterocycles. The Bertz CT molecular complexity index is 642. The zero-order chi connectivity index (χ0) is 14.3. The summed E-state index contributed by atoms with van der Waals surface area (Å²) in [6, 6.07) is 14.6. The summed E-state index contributed by atoms with van der Waals surface area (Å²) >= 11 is 0. The Kier molecular flexibility index (Phi) is 3.08. The van der Waals surface area contributed by atoms with Crippen LogP contribution in [0.15, 0.2) is 42.5 Å². The van der Waals surface area contributed by atoms with Crippen molar-refractivity contribution < 1.29 is 5.11 Å². The number of rotatable bonds is 3. The lowest BCUT2D eigenvalue weighted by Crippen LogP contribution is -2.31. The van der Waals surface area contributed by atoms with Crippen LogP contribution >= 0.6 is 0 Å². The second kappa shape index (κ2) is 4.66. The molecular weight excluding hydrogens is 244 g/mol. The summed E-state index contributed by atoms with van der Waals surface area (Å²) in [5.41, 5.74) is 5.41. The van der Waals surface area contributed by atoms with Crippen molar-refractivity contribution in [1.82, 2.24) is 0 Å². The minimum atomic E-state index is 0.0916. The van der Waals surface area contributed by atoms with Crippen LogP contribution in [-0.4, -0.2) is 5.11 Å². The molecule has 0 aliphatic heterocycles. The molecule has 0 radical (unpaired) electrons. The first-order valence-electron chi connectivity index (χ1n) is 7.54. The van der Waals surface area contributed by atoms with Gasteiger partial charge in [-0.25, -0.2) is 0 Å². The van der Waals surface area contributed by atoms with Gasteiger partial charge in [0.2, 0.25) is 0 Å². The van der Waals surface area contributed by atoms with Gasteiger partial charge in [-0.1, -0.05) is 57.5 Å². The fraction of sp³-hybridized carbons (Fsp3) is 0.368. The third-order valence-electron chi connectivity index (χ3n) is 4.81. The Labute approximate surface area is 121 Å². The first kappa shape index (κ1) is 13.2. The molecule has 0 bridgehead atoms. The van der Waals surface area contributed by atoms with Crippen LogP contribution in [0.1, 0.15) is 44.7 Å². The molecule has 1 nitrogen and oxygen atoms in total. The molecule has 3 rings (SSSR count). The largest absolute Gasteiger partial charge is 0.508 e. The summed E-state index contributed by atoms with van der Waals surface area (Å²) in [6.45, 7) is 6.88. The molecule has 0 saturated carbocycles. The summed E-state index contributed by atoms with van der Waals surface area (Å²) < 4.78 is 0. The first-order chi connectivity index (χ1) is 9.61. The number of hydrogen-bond donors (Lipinski definition) is 1. The standard InChI is InChI=1S/C19H22O/c1-4-11-19(13(2)3)17-8-6-5-7-15(17)16-12-14(20)9-10-18(16)19/h5-10,12-13,20H,4,11H2,1-3H3. The van der Waals surface area contributed by atoms with Crippen LogP contribution in [0, 0.1) is 5.92 Å². The second-order valence-corrected chi connectivity index (χ2v) is 6.15. The molecule has 20 heavy (non-hydrogen) atoms. The van der Waals surface area contributed by atoms with Crippen LogP contribution in [0.25, 0.3) is 11.1 Å². The Morgan fingerprint density at radius 2 is 1.70 bits per heavy atom. The molecule has 1 aliphatic rings. The van der Waals surface area contributed by atoms with Gasteiger partial charge >= 0.3 is 0 Å². The van der Waals surface area contributed by atoms with Crippen LogP contribution in [0.2, 0.25) is 0 Å². The number of fused-ring (bicyclic) bond motifs is 3. The van der Waals surface area contributed by atoms with E-state index in [0.717, 1.165) is 12.8 Å². The number of aromatic hydroxyl groups is 1. The summed E-state index contributed by atoms with van der Waals surface area (Å²) in [4.78, 5) is 0. The van der Waals surface area contributed by atoms with Gasteiger partial charge < -0.3 is 5.11 Å². The van der Waals surface area contributed by atoms with Crippen LogP contribution in [0.4, 0.5) is 0 Å². The van der Waals surface area contributed by atoms with E-state index in [4.69, 9.17) is 0 Å². The zero-order valence-corrected chi connectivity index (χ0v) is 12.5. The third kappa shape index (κ3) is 1.62. The Morgan fingerprint density at radius 3 is 2.40 bits per heavy atom. The molecule has 0 amide bonds. The van der Waals surface area contributed by atoms with Gasteiger partial charge in [0.25, 0.3) is 0 Å². The Morgan fingerprint density at radius 1 is 1.00 bits per heavy atom. The number of hydrogen-bond acceptors (Lipinski definition) is 1. The quantitative estimate of drug-likeness (QED) is 0.818. The lowest BCUT2D eigenvalue weighted by atomic mass is 9.67. The molecule has 2 aromatic rings. The highest BCUT2D eigenvalue weighted by Gasteiger charge is 2.44. The molecule has 0 spiro atoms. The summed E-state index contributed by atoms with van der Waals surface area (Å²) in [6.07, 6.45) is 2.31. The SMILES string of the molecule is CCCC1(C(C)C)c2ccccc2-c2cc(O)ccc21. The van der Waals surface area contributed by atoms with Gasteiger partial charge in [-0.05, 0) is 46.7 Å². The maximum atomic E-state index is 9.86. The van der Waals surface area contributed by atoms with Crippen LogP contribution in [0.3, 0.4) is 0 Å². The number of phenolic OH excluding ortho intramolecular Hbond substituents is 1. The van der Waals surface area contributed by atoms with Crippen molar-refractivity contribution in [3.63, 3.8) is 0 Å². The molecule has 2 aromatic carbocycles. The van der Waals surface area contributed by atoms with Gasteiger partial charge in [-0.15, -0.1) is 0 Å². The van der Waals surface area contributed by atoms with Crippen LogP contribution in [0.5, 0.6) is 5.75 Å². The van der Waals surface area contributed by atoms with E-state index in [2.05, 4.69) is 51.1 Å². The molecule has 0 fully saturated rings. The minimum absolute atomic E-state index is 0.0916. The smallest absolute Gasteiger partial charge is 0.116 e. The second-order valence-electron chi connectivity index (χ2n) is 6.15. The van der Waals surface area contributed by atoms with Crippen molar-refractivity contribution in [3.8, 4) is 16.9 Å². The number of benzene rings is 2. The number of phenols is 1. The van der Waals surface area contributed by atoms with Gasteiger partial charge in [-0.3, -0.25) is 0 Å². The third-order valence-corrected chi connectivity index (χ3v) is 4.81. The normalized spacial score (nSPS) is 20.0. The van der Waals surface area contributed by atoms with E-state index in [1.807, 2.05) is 12.1 Å². The minimum Gasteiger partial charge on any atom is -0.508 e. The van der Waals surface area contributed by atoms with E-state index in [9.17, 15) is 5.11 Å². The highest BCUT2D eigenvalue weighted by molar-refractivity contribution is 5.82. The van der Waals surface area contributed by atoms with Crippen molar-refractivity contribution in [3.05, 3.63) is 53.6 Å². The van der Waals surface area contributed by atoms with Gasteiger partial charge in [0.1, 0.15) is 5.75 Å². The summed E-state index contributed by atoms with van der Waals surface area (Å²) in [7, 11) is 0. The Hall–Kier alpha value is -1.76. The zero-order valence-electron chi connectivity index (χ0n) is 12.5. The lowest BCUT2D eigenvalue weighted by Gasteiger charge is -2.36. The molecule has 1 aliphatic carbocycles. The average Bonchev–Trinajstić information content (AvgIpc) is 2.71. The monoisotopic (exact) mass is 266 g/mol. The average molecular weight is 266 g/mol. The lowest BCUT2D eigenvalue weighted by molar-refractivity contribution is 0.349. The van der Waals surface area contributed by atoms with Crippen molar-refractivity contribution in [2.24, 2.45) is 5.92 Å². The van der Waals surface area contributed by atoms with Gasteiger partial charge in [0.15, 0.2) is 0 Å². The first-order valence-corrected chi connectivity index (χ1v) is 7.54. The van der Waals surface area contributed by atoms with E-state index < -0.39 is 0 Å². The fourth-order valence-electron chi connectivity index (χ4n) is 3.97. The van der Waals surface area contributed by atoms with E-state index >= 15 is 0 Å². The van der Waals surface area contributed by atoms with Crippen molar-refractivity contribution >= 4 is 0 Å². The highest BCUT2D eigenvalue weighted by Crippen LogP contribution is 2.55. The van der Waals surface area contributed by atoms with Gasteiger partial charge in [0, 0.05) is 5.41 Å². The Balaban J connectivity index is 2.36. The van der Waals surface area contributed by atoms with Crippen LogP contribution < -0.4 is 0 Å². The van der Waals surface area contributed by atoms with Crippen molar-refractivity contribution in [1.29, 1.82) is 0 Å². The topological polar surface area (TPSA) is 20.2 Å². The summed E-state index contributed by atoms with van der Waals surface area (Å²) in [5.74, 6) is 0.893. The summed E-state index contributed by atoms with van der Waals surface area (Å²) in [5, 5.41) is 9.86. The van der Waals surface area contributed by atoms with E-state index in [1.54, 1.807) is 0 Å². The molecular formula is C19H22O. The van der Waals surface area contributed by atoms with Gasteiger partial charge in [-0.2, -0.15) is 0 Å². The molecule has 0 saturated heterocycles. The molecule has 1 atom stereocenters. The molecule has 104 valence electrons. The highest BCUT2D eigenvalue weighted by atomic mass is 16.3. The van der Waals surface area contributed by atoms with E-state index in [0.29, 0.717) is 11.7 Å². The van der Waals surface area contributed by atoms with Gasteiger partial charge in [0.05, 0.1) is 0 Å². The predicted molar refractivity (Wildman–Crippen MR) is 84.1 cm³/mol. The molecule has 1 N–H and O–H groups in total. The maximum Gasteiger partial charge on any atom is 0.116 e. The molecule has 0 aromatic heterocycles. The maximum absolute atomic E-state index is 9.86.